The molecule has 2 heterocycles. The predicted molar refractivity (Wildman–Crippen MR) is 66.6 cm³/mol. The van der Waals surface area contributed by atoms with Crippen molar-refractivity contribution < 1.29 is 17.9 Å². The van der Waals surface area contributed by atoms with Crippen molar-refractivity contribution >= 4 is 11.0 Å². The molecule has 2 aromatic heterocycles. The number of H-pyrrole nitrogens is 2. The number of fused-ring (bicyclic) bond motifs is 1. The summed E-state index contributed by atoms with van der Waals surface area (Å²) in [5, 5.41) is 12.9. The predicted octanol–water partition coefficient (Wildman–Crippen LogP) is 2.21. The summed E-state index contributed by atoms with van der Waals surface area (Å²) in [6, 6.07) is 6.62. The summed E-state index contributed by atoms with van der Waals surface area (Å²) in [5.41, 5.74) is 0.838. The molecule has 21 heavy (non-hydrogen) atoms. The lowest BCUT2D eigenvalue weighted by molar-refractivity contribution is -0.274. The highest BCUT2D eigenvalue weighted by atomic mass is 19.4. The molecular weight excluding hydrogens is 289 g/mol. The Balaban J connectivity index is 1.95. The topological polar surface area (TPSA) is 83.7 Å². The summed E-state index contributed by atoms with van der Waals surface area (Å²) < 4.78 is 40.0. The number of alkyl halides is 3. The third kappa shape index (κ3) is 2.71. The van der Waals surface area contributed by atoms with Gasteiger partial charge in [-0.15, -0.1) is 23.4 Å². The number of nitrogens with one attached hydrogen (secondary N) is 2. The third-order valence-corrected chi connectivity index (χ3v) is 2.72. The minimum atomic E-state index is -4.74. The maximum absolute atomic E-state index is 12.1. The van der Waals surface area contributed by atoms with Crippen molar-refractivity contribution in [2.24, 2.45) is 0 Å². The Morgan fingerprint density at radius 2 is 1.76 bits per heavy atom. The van der Waals surface area contributed by atoms with Crippen LogP contribution in [0.4, 0.5) is 13.2 Å². The van der Waals surface area contributed by atoms with Gasteiger partial charge in [-0.2, -0.15) is 0 Å². The van der Waals surface area contributed by atoms with E-state index in [1.807, 2.05) is 0 Å². The van der Waals surface area contributed by atoms with E-state index in [-0.39, 0.29) is 11.3 Å². The maximum Gasteiger partial charge on any atom is 0.573 e. The van der Waals surface area contributed by atoms with E-state index in [4.69, 9.17) is 0 Å². The smallest absolute Gasteiger partial charge is 0.406 e. The molecular formula is C12H7F3N4O2. The Bertz CT molecular complexity index is 836. The van der Waals surface area contributed by atoms with Crippen molar-refractivity contribution in [1.29, 1.82) is 0 Å². The molecule has 0 radical (unpaired) electrons. The molecule has 1 aromatic carbocycles. The molecule has 0 spiro atoms. The standard InChI is InChI=1S/C12H7F3N4O2/c13-12(14,15)21-7-3-1-6(2-4-7)9-5-8-10(17-16-9)18-19-11(8)20/h1-5H,(H2,17,18,19,20). The van der Waals surface area contributed by atoms with Crippen LogP contribution in [0.5, 0.6) is 5.75 Å². The first kappa shape index (κ1) is 13.2. The van der Waals surface area contributed by atoms with E-state index in [0.717, 1.165) is 12.1 Å². The zero-order valence-corrected chi connectivity index (χ0v) is 10.2. The third-order valence-electron chi connectivity index (χ3n) is 2.72. The Hall–Kier alpha value is -2.84. The van der Waals surface area contributed by atoms with Crippen LogP contribution in [-0.2, 0) is 0 Å². The van der Waals surface area contributed by atoms with E-state index in [0.29, 0.717) is 22.3 Å². The van der Waals surface area contributed by atoms with Crippen LogP contribution in [0.2, 0.25) is 0 Å². The van der Waals surface area contributed by atoms with Crippen LogP contribution < -0.4 is 10.3 Å². The van der Waals surface area contributed by atoms with Crippen LogP contribution in [0.3, 0.4) is 0 Å². The molecule has 0 aliphatic heterocycles. The molecule has 0 aliphatic rings. The number of halogens is 3. The van der Waals surface area contributed by atoms with Gasteiger partial charge in [-0.25, -0.2) is 0 Å². The van der Waals surface area contributed by atoms with Crippen molar-refractivity contribution in [3.05, 3.63) is 40.7 Å². The Morgan fingerprint density at radius 3 is 2.43 bits per heavy atom. The van der Waals surface area contributed by atoms with Crippen molar-refractivity contribution in [3.63, 3.8) is 0 Å². The van der Waals surface area contributed by atoms with Crippen molar-refractivity contribution in [3.8, 4) is 17.0 Å². The van der Waals surface area contributed by atoms with Crippen LogP contribution in [0, 0.1) is 0 Å². The van der Waals surface area contributed by atoms with Gasteiger partial charge in [0.25, 0.3) is 5.56 Å². The summed E-state index contributed by atoms with van der Waals surface area (Å²) in [4.78, 5) is 11.5. The van der Waals surface area contributed by atoms with E-state index in [1.165, 1.54) is 18.2 Å². The average molecular weight is 296 g/mol. The molecule has 108 valence electrons. The highest BCUT2D eigenvalue weighted by molar-refractivity contribution is 5.78. The van der Waals surface area contributed by atoms with Crippen LogP contribution in [0.1, 0.15) is 0 Å². The number of hydrogen-bond donors (Lipinski definition) is 2. The zero-order valence-electron chi connectivity index (χ0n) is 10.2. The van der Waals surface area contributed by atoms with Gasteiger partial charge in [0, 0.05) is 5.56 Å². The van der Waals surface area contributed by atoms with Crippen molar-refractivity contribution in [2.45, 2.75) is 6.36 Å². The van der Waals surface area contributed by atoms with Gasteiger partial charge < -0.3 is 4.74 Å². The van der Waals surface area contributed by atoms with Gasteiger partial charge in [0.05, 0.1) is 11.1 Å². The number of aromatic nitrogens is 4. The quantitative estimate of drug-likeness (QED) is 0.759. The molecule has 0 saturated carbocycles. The lowest BCUT2D eigenvalue weighted by atomic mass is 10.1. The molecule has 0 bridgehead atoms. The normalized spacial score (nSPS) is 11.8. The number of benzene rings is 1. The van der Waals surface area contributed by atoms with Gasteiger partial charge in [0.15, 0.2) is 5.65 Å². The monoisotopic (exact) mass is 296 g/mol. The van der Waals surface area contributed by atoms with E-state index in [2.05, 4.69) is 25.1 Å². The molecule has 2 N–H and O–H groups in total. The summed E-state index contributed by atoms with van der Waals surface area (Å²) in [5.74, 6) is -0.334. The number of rotatable bonds is 2. The van der Waals surface area contributed by atoms with E-state index < -0.39 is 6.36 Å². The minimum Gasteiger partial charge on any atom is -0.406 e. The number of ether oxygens (including phenoxy) is 1. The summed E-state index contributed by atoms with van der Waals surface area (Å²) in [6.45, 7) is 0. The minimum absolute atomic E-state index is 0.306. The largest absolute Gasteiger partial charge is 0.573 e. The summed E-state index contributed by atoms with van der Waals surface area (Å²) in [7, 11) is 0. The SMILES string of the molecule is O=c1[nH][nH]c2nnc(-c3ccc(OC(F)(F)F)cc3)cc12. The second-order valence-electron chi connectivity index (χ2n) is 4.14. The number of aromatic amines is 2. The number of nitrogens with zero attached hydrogens (tertiary/aromatic N) is 2. The van der Waals surface area contributed by atoms with Gasteiger partial charge in [0.1, 0.15) is 5.75 Å². The molecule has 0 unspecified atom stereocenters. The molecule has 3 rings (SSSR count). The maximum atomic E-state index is 12.1. The summed E-state index contributed by atoms with van der Waals surface area (Å²) >= 11 is 0. The lowest BCUT2D eigenvalue weighted by Gasteiger charge is -2.08. The second-order valence-corrected chi connectivity index (χ2v) is 4.14. The van der Waals surface area contributed by atoms with Crippen molar-refractivity contribution in [1.82, 2.24) is 20.4 Å². The fourth-order valence-electron chi connectivity index (χ4n) is 1.81. The van der Waals surface area contributed by atoms with E-state index in [9.17, 15) is 18.0 Å². The molecule has 3 aromatic rings. The Morgan fingerprint density at radius 1 is 1.05 bits per heavy atom. The average Bonchev–Trinajstić information content (AvgIpc) is 2.79. The first-order valence-corrected chi connectivity index (χ1v) is 5.73. The highest BCUT2D eigenvalue weighted by Gasteiger charge is 2.30. The van der Waals surface area contributed by atoms with Crippen LogP contribution >= 0.6 is 0 Å². The van der Waals surface area contributed by atoms with Crippen LogP contribution in [0.15, 0.2) is 35.1 Å². The van der Waals surface area contributed by atoms with Crippen LogP contribution in [0.25, 0.3) is 22.3 Å². The van der Waals surface area contributed by atoms with Gasteiger partial charge >= 0.3 is 6.36 Å². The van der Waals surface area contributed by atoms with Gasteiger partial charge in [-0.3, -0.25) is 15.0 Å². The summed E-state index contributed by atoms with van der Waals surface area (Å²) in [6.07, 6.45) is -4.74. The zero-order chi connectivity index (χ0) is 15.0. The fraction of sp³-hybridized carbons (Fsp3) is 0.0833. The number of hydrogen-bond acceptors (Lipinski definition) is 4. The van der Waals surface area contributed by atoms with Crippen LogP contribution in [-0.4, -0.2) is 26.8 Å². The van der Waals surface area contributed by atoms with Gasteiger partial charge in [-0.1, -0.05) is 0 Å². The van der Waals surface area contributed by atoms with E-state index in [1.54, 1.807) is 0 Å². The molecule has 6 nitrogen and oxygen atoms in total. The second kappa shape index (κ2) is 4.62. The molecule has 0 saturated heterocycles. The van der Waals surface area contributed by atoms with Gasteiger partial charge in [0.2, 0.25) is 0 Å². The molecule has 0 amide bonds. The highest BCUT2D eigenvalue weighted by Crippen LogP contribution is 2.25. The molecule has 0 fully saturated rings. The Labute approximate surface area is 114 Å². The van der Waals surface area contributed by atoms with Gasteiger partial charge in [-0.05, 0) is 30.3 Å². The molecule has 9 heteroatoms. The molecule has 0 atom stereocenters. The van der Waals surface area contributed by atoms with E-state index >= 15 is 0 Å². The Kier molecular flexibility index (Phi) is 2.89. The fourth-order valence-corrected chi connectivity index (χ4v) is 1.81. The lowest BCUT2D eigenvalue weighted by Crippen LogP contribution is -2.16. The first-order chi connectivity index (χ1) is 9.92. The molecule has 0 aliphatic carbocycles. The van der Waals surface area contributed by atoms with Crippen molar-refractivity contribution in [2.75, 3.05) is 0 Å². The first-order valence-electron chi connectivity index (χ1n) is 5.73.